The fraction of sp³-hybridized carbons (Fsp3) is 0.118. The van der Waals surface area contributed by atoms with Crippen molar-refractivity contribution in [3.05, 3.63) is 75.3 Å². The lowest BCUT2D eigenvalue weighted by Crippen LogP contribution is -2.21. The van der Waals surface area contributed by atoms with E-state index in [1.54, 1.807) is 24.5 Å². The van der Waals surface area contributed by atoms with Crippen LogP contribution in [-0.4, -0.2) is 5.91 Å². The van der Waals surface area contributed by atoms with Gasteiger partial charge in [-0.05, 0) is 47.8 Å². The first-order valence-corrected chi connectivity index (χ1v) is 8.23. The highest BCUT2D eigenvalue weighted by molar-refractivity contribution is 7.12. The van der Waals surface area contributed by atoms with E-state index in [4.69, 9.17) is 20.8 Å². The van der Waals surface area contributed by atoms with Crippen molar-refractivity contribution in [2.75, 3.05) is 0 Å². The summed E-state index contributed by atoms with van der Waals surface area (Å²) in [7, 11) is 0. The summed E-state index contributed by atoms with van der Waals surface area (Å²) in [6, 6.07) is 12.6. The zero-order valence-electron chi connectivity index (χ0n) is 12.1. The molecule has 0 unspecified atom stereocenters. The number of nitrogens with one attached hydrogen (secondary N) is 1. The van der Waals surface area contributed by atoms with Crippen LogP contribution >= 0.6 is 22.9 Å². The number of carbonyl (C=O) groups is 1. The van der Waals surface area contributed by atoms with E-state index in [9.17, 15) is 4.79 Å². The molecule has 0 saturated carbocycles. The maximum atomic E-state index is 12.1. The van der Waals surface area contributed by atoms with E-state index in [1.807, 2.05) is 29.6 Å². The molecule has 0 saturated heterocycles. The minimum Gasteiger partial charge on any atom is -0.489 e. The Morgan fingerprint density at radius 3 is 2.83 bits per heavy atom. The van der Waals surface area contributed by atoms with Crippen molar-refractivity contribution in [2.45, 2.75) is 13.2 Å². The van der Waals surface area contributed by atoms with E-state index in [2.05, 4.69) is 5.32 Å². The van der Waals surface area contributed by atoms with Crippen LogP contribution < -0.4 is 10.1 Å². The average Bonchev–Trinajstić information content (AvgIpc) is 3.24. The second-order valence-electron chi connectivity index (χ2n) is 4.82. The Hall–Kier alpha value is -2.24. The summed E-state index contributed by atoms with van der Waals surface area (Å²) < 4.78 is 10.8. The quantitative estimate of drug-likeness (QED) is 0.714. The molecule has 0 fully saturated rings. The fourth-order valence-corrected chi connectivity index (χ4v) is 2.87. The molecule has 4 nitrogen and oxygen atoms in total. The maximum Gasteiger partial charge on any atom is 0.261 e. The number of rotatable bonds is 6. The molecule has 6 heteroatoms. The van der Waals surface area contributed by atoms with E-state index in [1.165, 1.54) is 11.3 Å². The lowest BCUT2D eigenvalue weighted by molar-refractivity contribution is 0.0952. The third kappa shape index (κ3) is 4.37. The van der Waals surface area contributed by atoms with Crippen LogP contribution in [0.25, 0.3) is 0 Å². The number of hydrogen-bond donors (Lipinski definition) is 1. The highest BCUT2D eigenvalue weighted by Crippen LogP contribution is 2.19. The Balaban J connectivity index is 1.52. The van der Waals surface area contributed by atoms with Crippen molar-refractivity contribution in [1.82, 2.24) is 5.32 Å². The van der Waals surface area contributed by atoms with Gasteiger partial charge >= 0.3 is 0 Å². The average molecular weight is 348 g/mol. The van der Waals surface area contributed by atoms with Crippen molar-refractivity contribution >= 4 is 28.8 Å². The Labute approximate surface area is 142 Å². The first kappa shape index (κ1) is 15.6. The minimum atomic E-state index is -0.121. The predicted octanol–water partition coefficient (Wildman–Crippen LogP) is 4.50. The molecule has 0 bridgehead atoms. The molecule has 0 aliphatic heterocycles. The lowest BCUT2D eigenvalue weighted by atomic mass is 10.3. The molecule has 1 aromatic carbocycles. The summed E-state index contributed by atoms with van der Waals surface area (Å²) in [6.07, 6.45) is 1.58. The van der Waals surface area contributed by atoms with Crippen molar-refractivity contribution in [1.29, 1.82) is 0 Å². The number of benzene rings is 1. The molecule has 0 radical (unpaired) electrons. The van der Waals surface area contributed by atoms with Crippen LogP contribution in [0.4, 0.5) is 0 Å². The van der Waals surface area contributed by atoms with Gasteiger partial charge < -0.3 is 14.5 Å². The van der Waals surface area contributed by atoms with Crippen LogP contribution in [-0.2, 0) is 13.2 Å². The van der Waals surface area contributed by atoms with E-state index in [-0.39, 0.29) is 5.91 Å². The second kappa shape index (κ2) is 7.35. The third-order valence-electron chi connectivity index (χ3n) is 3.10. The molecule has 0 aliphatic rings. The van der Waals surface area contributed by atoms with Gasteiger partial charge in [-0.15, -0.1) is 11.3 Å². The Bertz CT molecular complexity index is 766. The van der Waals surface area contributed by atoms with Crippen molar-refractivity contribution < 1.29 is 13.9 Å². The number of furan rings is 1. The molecule has 1 N–H and O–H groups in total. The standard InChI is InChI=1S/C17H14ClNO3S/c18-13-3-5-14(6-4-13)22-10-12-8-16(23-11-12)17(20)19-9-15-2-1-7-21-15/h1-8,11H,9-10H2,(H,19,20). The van der Waals surface area contributed by atoms with Gasteiger partial charge in [0.2, 0.25) is 0 Å². The zero-order chi connectivity index (χ0) is 16.1. The van der Waals surface area contributed by atoms with Crippen LogP contribution in [0.2, 0.25) is 5.02 Å². The molecule has 23 heavy (non-hydrogen) atoms. The van der Waals surface area contributed by atoms with Gasteiger partial charge in [-0.25, -0.2) is 0 Å². The summed E-state index contributed by atoms with van der Waals surface area (Å²) in [6.45, 7) is 0.782. The van der Waals surface area contributed by atoms with Crippen molar-refractivity contribution in [3.63, 3.8) is 0 Å². The normalized spacial score (nSPS) is 10.5. The maximum absolute atomic E-state index is 12.1. The summed E-state index contributed by atoms with van der Waals surface area (Å²) in [5.74, 6) is 1.34. The van der Waals surface area contributed by atoms with Gasteiger partial charge in [0.1, 0.15) is 18.1 Å². The highest BCUT2D eigenvalue weighted by atomic mass is 35.5. The molecular formula is C17H14ClNO3S. The number of amides is 1. The molecule has 2 heterocycles. The van der Waals surface area contributed by atoms with E-state index in [0.29, 0.717) is 23.1 Å². The molecular weight excluding hydrogens is 334 g/mol. The zero-order valence-corrected chi connectivity index (χ0v) is 13.7. The summed E-state index contributed by atoms with van der Waals surface area (Å²) >= 11 is 7.22. The predicted molar refractivity (Wildman–Crippen MR) is 90.0 cm³/mol. The number of halogens is 1. The largest absolute Gasteiger partial charge is 0.489 e. The molecule has 0 atom stereocenters. The van der Waals surface area contributed by atoms with E-state index in [0.717, 1.165) is 17.1 Å². The van der Waals surface area contributed by atoms with Crippen LogP contribution in [0, 0.1) is 0 Å². The van der Waals surface area contributed by atoms with Gasteiger partial charge in [-0.2, -0.15) is 0 Å². The van der Waals surface area contributed by atoms with Crippen LogP contribution in [0.15, 0.2) is 58.5 Å². The Kier molecular flexibility index (Phi) is 5.00. The second-order valence-corrected chi connectivity index (χ2v) is 6.17. The monoisotopic (exact) mass is 347 g/mol. The molecule has 0 aliphatic carbocycles. The van der Waals surface area contributed by atoms with Crippen molar-refractivity contribution in [3.8, 4) is 5.75 Å². The molecule has 3 rings (SSSR count). The minimum absolute atomic E-state index is 0.121. The van der Waals surface area contributed by atoms with Gasteiger partial charge in [0.05, 0.1) is 17.7 Å². The van der Waals surface area contributed by atoms with Gasteiger partial charge in [-0.1, -0.05) is 11.6 Å². The Morgan fingerprint density at radius 1 is 1.26 bits per heavy atom. The summed E-state index contributed by atoms with van der Waals surface area (Å²) in [5.41, 5.74) is 0.952. The lowest BCUT2D eigenvalue weighted by Gasteiger charge is -2.04. The first-order valence-electron chi connectivity index (χ1n) is 6.97. The van der Waals surface area contributed by atoms with Gasteiger partial charge in [0.15, 0.2) is 0 Å². The number of carbonyl (C=O) groups excluding carboxylic acids is 1. The van der Waals surface area contributed by atoms with Crippen LogP contribution in [0.1, 0.15) is 21.0 Å². The van der Waals surface area contributed by atoms with E-state index < -0.39 is 0 Å². The summed E-state index contributed by atoms with van der Waals surface area (Å²) in [5, 5.41) is 5.40. The van der Waals surface area contributed by atoms with Gasteiger partial charge in [0.25, 0.3) is 5.91 Å². The smallest absolute Gasteiger partial charge is 0.261 e. The molecule has 118 valence electrons. The van der Waals surface area contributed by atoms with E-state index >= 15 is 0 Å². The molecule has 1 amide bonds. The Morgan fingerprint density at radius 2 is 2.09 bits per heavy atom. The highest BCUT2D eigenvalue weighted by Gasteiger charge is 2.10. The number of ether oxygens (including phenoxy) is 1. The SMILES string of the molecule is O=C(NCc1ccco1)c1cc(COc2ccc(Cl)cc2)cs1. The van der Waals surface area contributed by atoms with Crippen molar-refractivity contribution in [2.24, 2.45) is 0 Å². The molecule has 3 aromatic rings. The number of thiophene rings is 1. The number of hydrogen-bond acceptors (Lipinski definition) is 4. The van der Waals surface area contributed by atoms with Gasteiger partial charge in [-0.3, -0.25) is 4.79 Å². The third-order valence-corrected chi connectivity index (χ3v) is 4.33. The van der Waals surface area contributed by atoms with Gasteiger partial charge in [0, 0.05) is 10.6 Å². The molecule has 0 spiro atoms. The topological polar surface area (TPSA) is 51.5 Å². The van der Waals surface area contributed by atoms with Crippen LogP contribution in [0.3, 0.4) is 0 Å². The summed E-state index contributed by atoms with van der Waals surface area (Å²) in [4.78, 5) is 12.7. The first-order chi connectivity index (χ1) is 11.2. The van der Waals surface area contributed by atoms with Crippen LogP contribution in [0.5, 0.6) is 5.75 Å². The fourth-order valence-electron chi connectivity index (χ4n) is 1.94. The molecule has 2 aromatic heterocycles.